The highest BCUT2D eigenvalue weighted by atomic mass is 79.9. The van der Waals surface area contributed by atoms with E-state index in [1.807, 2.05) is 6.07 Å². The van der Waals surface area contributed by atoms with Crippen molar-refractivity contribution >= 4 is 21.8 Å². The molecule has 0 amide bonds. The molecule has 0 unspecified atom stereocenters. The van der Waals surface area contributed by atoms with Crippen LogP contribution in [0.4, 0.5) is 0 Å². The largest absolute Gasteiger partial charge is 0.370 e. The Morgan fingerprint density at radius 2 is 2.36 bits per heavy atom. The summed E-state index contributed by atoms with van der Waals surface area (Å²) < 4.78 is 1.13. The molecule has 0 aromatic heterocycles. The number of rotatable bonds is 2. The highest BCUT2D eigenvalue weighted by molar-refractivity contribution is 9.10. The number of amidine groups is 1. The third-order valence-corrected chi connectivity index (χ3v) is 2.75. The fraction of sp³-hybridized carbons (Fsp3) is 0.364. The van der Waals surface area contributed by atoms with E-state index in [4.69, 9.17) is 0 Å². The van der Waals surface area contributed by atoms with Gasteiger partial charge in [0.1, 0.15) is 0 Å². The van der Waals surface area contributed by atoms with E-state index in [0.717, 1.165) is 29.8 Å². The molecule has 1 aliphatic heterocycles. The Morgan fingerprint density at radius 3 is 3.07 bits per heavy atom. The number of hydrogen-bond acceptors (Lipinski definition) is 2. The molecule has 3 heteroatoms. The number of halogens is 1. The normalized spacial score (nSPS) is 15.4. The van der Waals surface area contributed by atoms with Crippen molar-refractivity contribution in [2.75, 3.05) is 6.54 Å². The first-order valence-electron chi connectivity index (χ1n) is 4.86. The lowest BCUT2D eigenvalue weighted by molar-refractivity contribution is 0.888. The molecule has 1 heterocycles. The number of nitrogens with zero attached hydrogens (tertiary/aromatic N) is 1. The van der Waals surface area contributed by atoms with E-state index in [-0.39, 0.29) is 0 Å². The van der Waals surface area contributed by atoms with Gasteiger partial charge in [0, 0.05) is 24.0 Å². The predicted molar refractivity (Wildman–Crippen MR) is 62.5 cm³/mol. The van der Waals surface area contributed by atoms with Crippen LogP contribution in [-0.4, -0.2) is 12.4 Å². The van der Waals surface area contributed by atoms with Crippen molar-refractivity contribution in [2.24, 2.45) is 4.99 Å². The van der Waals surface area contributed by atoms with Crippen molar-refractivity contribution in [3.63, 3.8) is 0 Å². The molecule has 0 atom stereocenters. The fourth-order valence-electron chi connectivity index (χ4n) is 1.53. The van der Waals surface area contributed by atoms with Crippen LogP contribution in [0.25, 0.3) is 0 Å². The first-order chi connectivity index (χ1) is 6.84. The van der Waals surface area contributed by atoms with Crippen LogP contribution in [0.5, 0.6) is 0 Å². The maximum absolute atomic E-state index is 4.37. The van der Waals surface area contributed by atoms with Crippen molar-refractivity contribution in [2.45, 2.75) is 19.4 Å². The molecule has 0 aliphatic carbocycles. The van der Waals surface area contributed by atoms with E-state index in [1.54, 1.807) is 0 Å². The van der Waals surface area contributed by atoms with Crippen LogP contribution in [0.2, 0.25) is 0 Å². The van der Waals surface area contributed by atoms with Crippen LogP contribution in [0.1, 0.15) is 18.4 Å². The van der Waals surface area contributed by atoms with Crippen LogP contribution in [0.15, 0.2) is 33.7 Å². The zero-order valence-corrected chi connectivity index (χ0v) is 9.55. The quantitative estimate of drug-likeness (QED) is 0.861. The SMILES string of the molecule is Brc1cccc(CNC2=NCCC2)c1. The summed E-state index contributed by atoms with van der Waals surface area (Å²) in [7, 11) is 0. The third kappa shape index (κ3) is 2.58. The van der Waals surface area contributed by atoms with Crippen LogP contribution in [-0.2, 0) is 6.54 Å². The predicted octanol–water partition coefficient (Wildman–Crippen LogP) is 2.73. The molecule has 0 spiro atoms. The Balaban J connectivity index is 1.91. The molecule has 1 aromatic carbocycles. The van der Waals surface area contributed by atoms with Crippen molar-refractivity contribution in [1.82, 2.24) is 5.32 Å². The van der Waals surface area contributed by atoms with Gasteiger partial charge in [0.05, 0.1) is 5.84 Å². The van der Waals surface area contributed by atoms with E-state index >= 15 is 0 Å². The van der Waals surface area contributed by atoms with Crippen LogP contribution < -0.4 is 5.32 Å². The highest BCUT2D eigenvalue weighted by Gasteiger charge is 2.04. The first kappa shape index (κ1) is 9.71. The minimum Gasteiger partial charge on any atom is -0.370 e. The smallest absolute Gasteiger partial charge is 0.0966 e. The van der Waals surface area contributed by atoms with E-state index < -0.39 is 0 Å². The van der Waals surface area contributed by atoms with Gasteiger partial charge in [-0.3, -0.25) is 4.99 Å². The Kier molecular flexibility index (Phi) is 3.19. The lowest BCUT2D eigenvalue weighted by atomic mass is 10.2. The standard InChI is InChI=1S/C11H13BrN2/c12-10-4-1-3-9(7-10)8-14-11-5-2-6-13-11/h1,3-4,7H,2,5-6,8H2,(H,13,14). The van der Waals surface area contributed by atoms with E-state index in [2.05, 4.69) is 44.4 Å². The van der Waals surface area contributed by atoms with Gasteiger partial charge in [-0.05, 0) is 24.1 Å². The summed E-state index contributed by atoms with van der Waals surface area (Å²) in [6.07, 6.45) is 2.30. The van der Waals surface area contributed by atoms with Gasteiger partial charge in [-0.15, -0.1) is 0 Å². The molecule has 2 rings (SSSR count). The maximum atomic E-state index is 4.37. The molecule has 0 saturated heterocycles. The number of hydrogen-bond donors (Lipinski definition) is 1. The van der Waals surface area contributed by atoms with Gasteiger partial charge in [0.25, 0.3) is 0 Å². The van der Waals surface area contributed by atoms with Gasteiger partial charge in [-0.25, -0.2) is 0 Å². The van der Waals surface area contributed by atoms with Crippen molar-refractivity contribution < 1.29 is 0 Å². The molecule has 2 nitrogen and oxygen atoms in total. The van der Waals surface area contributed by atoms with Gasteiger partial charge in [0.2, 0.25) is 0 Å². The molecular formula is C11H13BrN2. The molecule has 14 heavy (non-hydrogen) atoms. The van der Waals surface area contributed by atoms with Crippen LogP contribution >= 0.6 is 15.9 Å². The second kappa shape index (κ2) is 4.60. The Morgan fingerprint density at radius 1 is 1.43 bits per heavy atom. The number of benzene rings is 1. The molecule has 1 aromatic rings. The summed E-state index contributed by atoms with van der Waals surface area (Å²) >= 11 is 3.46. The van der Waals surface area contributed by atoms with E-state index in [9.17, 15) is 0 Å². The summed E-state index contributed by atoms with van der Waals surface area (Å²) in [5, 5.41) is 3.35. The van der Waals surface area contributed by atoms with E-state index in [1.165, 1.54) is 12.0 Å². The van der Waals surface area contributed by atoms with Crippen molar-refractivity contribution in [3.05, 3.63) is 34.3 Å². The highest BCUT2D eigenvalue weighted by Crippen LogP contribution is 2.11. The average Bonchev–Trinajstić information content (AvgIpc) is 2.67. The third-order valence-electron chi connectivity index (χ3n) is 2.26. The zero-order chi connectivity index (χ0) is 9.80. The Hall–Kier alpha value is -0.830. The molecule has 0 bridgehead atoms. The first-order valence-corrected chi connectivity index (χ1v) is 5.65. The molecule has 0 radical (unpaired) electrons. The maximum Gasteiger partial charge on any atom is 0.0966 e. The second-order valence-electron chi connectivity index (χ2n) is 3.42. The minimum absolute atomic E-state index is 0.873. The monoisotopic (exact) mass is 252 g/mol. The summed E-state index contributed by atoms with van der Waals surface area (Å²) in [5.74, 6) is 1.16. The topological polar surface area (TPSA) is 24.4 Å². The van der Waals surface area contributed by atoms with Crippen LogP contribution in [0.3, 0.4) is 0 Å². The second-order valence-corrected chi connectivity index (χ2v) is 4.33. The van der Waals surface area contributed by atoms with Gasteiger partial charge >= 0.3 is 0 Å². The van der Waals surface area contributed by atoms with Gasteiger partial charge < -0.3 is 5.32 Å². The Labute approximate surface area is 92.6 Å². The summed E-state index contributed by atoms with van der Waals surface area (Å²) in [5.41, 5.74) is 1.29. The lowest BCUT2D eigenvalue weighted by Gasteiger charge is -2.05. The van der Waals surface area contributed by atoms with Gasteiger partial charge in [-0.2, -0.15) is 0 Å². The number of nitrogens with one attached hydrogen (secondary N) is 1. The van der Waals surface area contributed by atoms with Crippen LogP contribution in [0, 0.1) is 0 Å². The van der Waals surface area contributed by atoms with Gasteiger partial charge in [0.15, 0.2) is 0 Å². The molecule has 1 aliphatic rings. The molecular weight excluding hydrogens is 240 g/mol. The fourth-order valence-corrected chi connectivity index (χ4v) is 1.98. The number of aliphatic imine (C=N–C) groups is 1. The summed E-state index contributed by atoms with van der Waals surface area (Å²) in [6, 6.07) is 8.34. The molecule has 0 fully saturated rings. The van der Waals surface area contributed by atoms with Gasteiger partial charge in [-0.1, -0.05) is 28.1 Å². The Bertz CT molecular complexity index is 347. The lowest BCUT2D eigenvalue weighted by Crippen LogP contribution is -2.20. The van der Waals surface area contributed by atoms with E-state index in [0.29, 0.717) is 0 Å². The average molecular weight is 253 g/mol. The molecule has 0 saturated carbocycles. The summed E-state index contributed by atoms with van der Waals surface area (Å²) in [6.45, 7) is 1.86. The minimum atomic E-state index is 0.873. The van der Waals surface area contributed by atoms with Crippen molar-refractivity contribution in [1.29, 1.82) is 0 Å². The summed E-state index contributed by atoms with van der Waals surface area (Å²) in [4.78, 5) is 4.37. The molecule has 1 N–H and O–H groups in total. The molecule has 74 valence electrons. The zero-order valence-electron chi connectivity index (χ0n) is 7.96. The van der Waals surface area contributed by atoms with Crippen molar-refractivity contribution in [3.8, 4) is 0 Å².